The van der Waals surface area contributed by atoms with Crippen molar-refractivity contribution in [3.63, 3.8) is 0 Å². The van der Waals surface area contributed by atoms with Gasteiger partial charge in [-0.3, -0.25) is 0 Å². The molecule has 0 spiro atoms. The highest BCUT2D eigenvalue weighted by Gasteiger charge is 2.14. The Balaban J connectivity index is 1.96. The van der Waals surface area contributed by atoms with Gasteiger partial charge in [0.05, 0.1) is 0 Å². The van der Waals surface area contributed by atoms with Gasteiger partial charge in [-0.25, -0.2) is 0 Å². The lowest BCUT2D eigenvalue weighted by Crippen LogP contribution is -2.33. The molecule has 2 nitrogen and oxygen atoms in total. The molecule has 1 saturated heterocycles. The van der Waals surface area contributed by atoms with Gasteiger partial charge in [0.2, 0.25) is 0 Å². The van der Waals surface area contributed by atoms with E-state index >= 15 is 0 Å². The summed E-state index contributed by atoms with van der Waals surface area (Å²) in [6.07, 6.45) is 5.29. The van der Waals surface area contributed by atoms with Gasteiger partial charge in [-0.05, 0) is 51.2 Å². The number of hydrogen-bond donors (Lipinski definition) is 0. The van der Waals surface area contributed by atoms with E-state index in [-0.39, 0.29) is 0 Å². The van der Waals surface area contributed by atoms with E-state index in [4.69, 9.17) is 4.74 Å². The van der Waals surface area contributed by atoms with Crippen LogP contribution in [0.2, 0.25) is 0 Å². The Morgan fingerprint density at radius 1 is 1.23 bits per heavy atom. The summed E-state index contributed by atoms with van der Waals surface area (Å²) in [5.74, 6) is 0.954. The highest BCUT2D eigenvalue weighted by molar-refractivity contribution is 4.68. The molecule has 0 radical (unpaired) electrons. The van der Waals surface area contributed by atoms with Crippen LogP contribution in [0.5, 0.6) is 0 Å². The number of likely N-dealkylation sites (tertiary alicyclic amines) is 1. The maximum absolute atomic E-state index is 5.03. The fourth-order valence-corrected chi connectivity index (χ4v) is 1.87. The first-order valence-corrected chi connectivity index (χ1v) is 5.54. The average Bonchev–Trinajstić information content (AvgIpc) is 2.15. The van der Waals surface area contributed by atoms with Crippen molar-refractivity contribution in [2.75, 3.05) is 33.4 Å². The molecule has 0 bridgehead atoms. The molecule has 1 fully saturated rings. The summed E-state index contributed by atoms with van der Waals surface area (Å²) in [4.78, 5) is 2.59. The molecule has 0 atom stereocenters. The van der Waals surface area contributed by atoms with Crippen LogP contribution in [-0.2, 0) is 4.74 Å². The Morgan fingerprint density at radius 2 is 1.92 bits per heavy atom. The third kappa shape index (κ3) is 4.63. The molecule has 0 N–H and O–H groups in total. The van der Waals surface area contributed by atoms with Gasteiger partial charge in [0.15, 0.2) is 0 Å². The summed E-state index contributed by atoms with van der Waals surface area (Å²) in [6, 6.07) is 0. The molecule has 78 valence electrons. The summed E-state index contributed by atoms with van der Waals surface area (Å²) >= 11 is 0. The van der Waals surface area contributed by atoms with Crippen LogP contribution in [0.3, 0.4) is 0 Å². The Hall–Kier alpha value is -0.0800. The van der Waals surface area contributed by atoms with Crippen molar-refractivity contribution in [2.24, 2.45) is 5.92 Å². The molecule has 0 saturated carbocycles. The molecule has 1 aliphatic rings. The van der Waals surface area contributed by atoms with Crippen LogP contribution < -0.4 is 0 Å². The van der Waals surface area contributed by atoms with Gasteiger partial charge in [-0.15, -0.1) is 0 Å². The predicted octanol–water partition coefficient (Wildman–Crippen LogP) is 2.14. The van der Waals surface area contributed by atoms with Gasteiger partial charge in [0.1, 0.15) is 0 Å². The summed E-state index contributed by atoms with van der Waals surface area (Å²) in [7, 11) is 1.78. The molecular formula is C11H23NO. The van der Waals surface area contributed by atoms with Crippen molar-refractivity contribution in [1.29, 1.82) is 0 Å². The minimum absolute atomic E-state index is 0.921. The van der Waals surface area contributed by atoms with Crippen LogP contribution in [0.4, 0.5) is 0 Å². The van der Waals surface area contributed by atoms with E-state index in [1.807, 2.05) is 0 Å². The molecule has 0 aromatic heterocycles. The van der Waals surface area contributed by atoms with Gasteiger partial charge in [-0.2, -0.15) is 0 Å². The molecule has 1 heterocycles. The summed E-state index contributed by atoms with van der Waals surface area (Å²) in [6.45, 7) is 7.19. The number of rotatable bonds is 5. The zero-order valence-corrected chi connectivity index (χ0v) is 9.09. The van der Waals surface area contributed by atoms with E-state index < -0.39 is 0 Å². The van der Waals surface area contributed by atoms with Crippen LogP contribution in [0, 0.1) is 5.92 Å². The molecule has 1 rings (SSSR count). The van der Waals surface area contributed by atoms with E-state index in [0.717, 1.165) is 12.5 Å². The van der Waals surface area contributed by atoms with Crippen LogP contribution in [0.1, 0.15) is 32.6 Å². The van der Waals surface area contributed by atoms with Gasteiger partial charge in [0.25, 0.3) is 0 Å². The molecule has 0 amide bonds. The number of methoxy groups -OCH3 is 1. The Kier molecular flexibility index (Phi) is 5.40. The van der Waals surface area contributed by atoms with E-state index in [0.29, 0.717) is 0 Å². The topological polar surface area (TPSA) is 12.5 Å². The quantitative estimate of drug-likeness (QED) is 0.608. The molecule has 0 aliphatic carbocycles. The van der Waals surface area contributed by atoms with Crippen LogP contribution in [0.15, 0.2) is 0 Å². The Labute approximate surface area is 82.3 Å². The molecule has 1 aliphatic heterocycles. The lowest BCUT2D eigenvalue weighted by Gasteiger charge is -2.30. The zero-order chi connectivity index (χ0) is 9.52. The summed E-state index contributed by atoms with van der Waals surface area (Å²) in [5.41, 5.74) is 0. The Morgan fingerprint density at radius 3 is 2.54 bits per heavy atom. The summed E-state index contributed by atoms with van der Waals surface area (Å²) < 4.78 is 5.03. The first-order valence-electron chi connectivity index (χ1n) is 5.54. The van der Waals surface area contributed by atoms with E-state index in [1.54, 1.807) is 7.11 Å². The van der Waals surface area contributed by atoms with Gasteiger partial charge < -0.3 is 9.64 Å². The molecular weight excluding hydrogens is 162 g/mol. The number of unbranched alkanes of at least 4 members (excludes halogenated alkanes) is 1. The van der Waals surface area contributed by atoms with E-state index in [2.05, 4.69) is 11.8 Å². The maximum atomic E-state index is 5.03. The molecule has 0 unspecified atom stereocenters. The van der Waals surface area contributed by atoms with Crippen LogP contribution in [-0.4, -0.2) is 38.3 Å². The smallest absolute Gasteiger partial charge is 0.0462 e. The number of piperidine rings is 1. The minimum atomic E-state index is 0.921. The van der Waals surface area contributed by atoms with E-state index in [9.17, 15) is 0 Å². The van der Waals surface area contributed by atoms with Crippen molar-refractivity contribution in [3.8, 4) is 0 Å². The standard InChI is InChI=1S/C11H23NO/c1-11-5-8-12(9-6-11)7-3-4-10-13-2/h11H,3-10H2,1-2H3. The molecule has 0 aromatic carbocycles. The van der Waals surface area contributed by atoms with Crippen molar-refractivity contribution in [2.45, 2.75) is 32.6 Å². The number of ether oxygens (including phenoxy) is 1. The zero-order valence-electron chi connectivity index (χ0n) is 9.09. The molecule has 13 heavy (non-hydrogen) atoms. The lowest BCUT2D eigenvalue weighted by molar-refractivity contribution is 0.166. The van der Waals surface area contributed by atoms with Crippen molar-refractivity contribution in [3.05, 3.63) is 0 Å². The van der Waals surface area contributed by atoms with Crippen LogP contribution in [0.25, 0.3) is 0 Å². The second-order valence-electron chi connectivity index (χ2n) is 4.22. The minimum Gasteiger partial charge on any atom is -0.385 e. The Bertz CT molecular complexity index is 119. The third-order valence-electron chi connectivity index (χ3n) is 2.95. The van der Waals surface area contributed by atoms with Crippen LogP contribution >= 0.6 is 0 Å². The first-order chi connectivity index (χ1) is 6.33. The molecule has 2 heteroatoms. The fourth-order valence-electron chi connectivity index (χ4n) is 1.87. The predicted molar refractivity (Wildman–Crippen MR) is 55.9 cm³/mol. The van der Waals surface area contributed by atoms with E-state index in [1.165, 1.54) is 45.3 Å². The average molecular weight is 185 g/mol. The number of nitrogens with zero attached hydrogens (tertiary/aromatic N) is 1. The van der Waals surface area contributed by atoms with Crippen molar-refractivity contribution in [1.82, 2.24) is 4.90 Å². The van der Waals surface area contributed by atoms with Gasteiger partial charge >= 0.3 is 0 Å². The highest BCUT2D eigenvalue weighted by Crippen LogP contribution is 2.15. The second kappa shape index (κ2) is 6.39. The van der Waals surface area contributed by atoms with Gasteiger partial charge in [0, 0.05) is 13.7 Å². The van der Waals surface area contributed by atoms with Crippen molar-refractivity contribution >= 4 is 0 Å². The second-order valence-corrected chi connectivity index (χ2v) is 4.22. The van der Waals surface area contributed by atoms with Crippen molar-refractivity contribution < 1.29 is 4.74 Å². The normalized spacial score (nSPS) is 20.8. The SMILES string of the molecule is COCCCCN1CCC(C)CC1. The third-order valence-corrected chi connectivity index (χ3v) is 2.95. The molecule has 0 aromatic rings. The highest BCUT2D eigenvalue weighted by atomic mass is 16.5. The fraction of sp³-hybridized carbons (Fsp3) is 1.00. The number of hydrogen-bond acceptors (Lipinski definition) is 2. The lowest BCUT2D eigenvalue weighted by atomic mass is 9.99. The first kappa shape index (κ1) is 11.0. The van der Waals surface area contributed by atoms with Gasteiger partial charge in [-0.1, -0.05) is 6.92 Å². The summed E-state index contributed by atoms with van der Waals surface area (Å²) in [5, 5.41) is 0. The monoisotopic (exact) mass is 185 g/mol. The maximum Gasteiger partial charge on any atom is 0.0462 e. The largest absolute Gasteiger partial charge is 0.385 e.